The van der Waals surface area contributed by atoms with E-state index in [1.54, 1.807) is 12.1 Å². The Morgan fingerprint density at radius 3 is 2.90 bits per heavy atom. The number of hydrogen-bond donors (Lipinski definition) is 0. The van der Waals surface area contributed by atoms with E-state index >= 15 is 0 Å². The number of rotatable bonds is 2. The van der Waals surface area contributed by atoms with Crippen molar-refractivity contribution in [2.45, 2.75) is 5.75 Å². The van der Waals surface area contributed by atoms with Gasteiger partial charge in [-0.15, -0.1) is 0 Å². The molecule has 10 heavy (non-hydrogen) atoms. The van der Waals surface area contributed by atoms with E-state index in [1.165, 1.54) is 0 Å². The largest absolute Gasteiger partial charge is 0.463 e. The molecule has 1 nitrogen and oxygen atoms in total. The number of halogens is 1. The summed E-state index contributed by atoms with van der Waals surface area (Å²) in [6.07, 6.45) is 0. The maximum atomic E-state index is 10.1. The van der Waals surface area contributed by atoms with Gasteiger partial charge in [0.2, 0.25) is 0 Å². The van der Waals surface area contributed by atoms with Crippen LogP contribution >= 0.6 is 11.6 Å². The van der Waals surface area contributed by atoms with Crippen molar-refractivity contribution in [1.82, 2.24) is 0 Å². The van der Waals surface area contributed by atoms with E-state index in [-0.39, 0.29) is 0 Å². The molecule has 0 aromatic heterocycles. The van der Waals surface area contributed by atoms with Gasteiger partial charge in [0.05, 0.1) is 0 Å². The zero-order chi connectivity index (χ0) is 7.40. The first-order chi connectivity index (χ1) is 4.83. The summed E-state index contributed by atoms with van der Waals surface area (Å²) in [6, 6.07) is 7.32. The van der Waals surface area contributed by atoms with E-state index in [4.69, 9.17) is 11.6 Å². The highest BCUT2D eigenvalue weighted by atomic mass is 35.5. The lowest BCUT2D eigenvalue weighted by Crippen LogP contribution is -1.79. The van der Waals surface area contributed by atoms with E-state index in [1.807, 2.05) is 12.1 Å². The molecule has 0 aliphatic carbocycles. The predicted octanol–water partition coefficient (Wildman–Crippen LogP) is 2.27. The topological polar surface area (TPSA) is 17.1 Å². The van der Waals surface area contributed by atoms with Crippen molar-refractivity contribution >= 4 is 23.3 Å². The molecule has 0 amide bonds. The maximum Gasteiger partial charge on any atom is 0.463 e. The second kappa shape index (κ2) is 3.64. The van der Waals surface area contributed by atoms with Gasteiger partial charge in [0.1, 0.15) is 0 Å². The fourth-order valence-electron chi connectivity index (χ4n) is 0.695. The molecule has 0 unspecified atom stereocenters. The minimum Gasteiger partial charge on any atom is -0.0843 e. The molecule has 0 bridgehead atoms. The van der Waals surface area contributed by atoms with Crippen LogP contribution in [0.25, 0.3) is 0 Å². The summed E-state index contributed by atoms with van der Waals surface area (Å²) in [4.78, 5) is 0. The molecule has 0 fully saturated rings. The van der Waals surface area contributed by atoms with Gasteiger partial charge in [0, 0.05) is 14.8 Å². The highest BCUT2D eigenvalue weighted by Gasteiger charge is 2.00. The average molecular weight is 174 g/mol. The molecule has 1 rings (SSSR count). The Morgan fingerprint density at radius 1 is 1.50 bits per heavy atom. The monoisotopic (exact) mass is 173 g/mol. The van der Waals surface area contributed by atoms with Crippen molar-refractivity contribution in [2.75, 3.05) is 0 Å². The standard InChI is InChI=1S/C7H6ClOS/c8-7-3-1-2-6(4-7)5-10-9/h1-4H,5H2/q+1. The van der Waals surface area contributed by atoms with Crippen LogP contribution in [0.15, 0.2) is 24.3 Å². The Hall–Kier alpha value is -0.470. The molecule has 0 spiro atoms. The van der Waals surface area contributed by atoms with Crippen LogP contribution in [0.4, 0.5) is 0 Å². The normalized spacial score (nSPS) is 9.30. The molecular weight excluding hydrogens is 168 g/mol. The maximum absolute atomic E-state index is 10.1. The number of hydrogen-bond acceptors (Lipinski definition) is 1. The SMILES string of the molecule is O=[S+]Cc1cccc(Cl)c1. The highest BCUT2D eigenvalue weighted by molar-refractivity contribution is 7.64. The summed E-state index contributed by atoms with van der Waals surface area (Å²) in [6.45, 7) is 0. The van der Waals surface area contributed by atoms with E-state index in [2.05, 4.69) is 0 Å². The van der Waals surface area contributed by atoms with Crippen molar-refractivity contribution in [3.8, 4) is 0 Å². The first-order valence-electron chi connectivity index (χ1n) is 2.82. The van der Waals surface area contributed by atoms with Gasteiger partial charge < -0.3 is 0 Å². The number of benzene rings is 1. The van der Waals surface area contributed by atoms with Gasteiger partial charge in [-0.3, -0.25) is 0 Å². The lowest BCUT2D eigenvalue weighted by Gasteiger charge is -1.88. The third-order valence-corrected chi connectivity index (χ3v) is 1.80. The predicted molar refractivity (Wildman–Crippen MR) is 43.2 cm³/mol. The molecule has 0 saturated heterocycles. The van der Waals surface area contributed by atoms with Crippen molar-refractivity contribution in [2.24, 2.45) is 0 Å². The van der Waals surface area contributed by atoms with Crippen LogP contribution in [0.3, 0.4) is 0 Å². The van der Waals surface area contributed by atoms with Gasteiger partial charge in [-0.2, -0.15) is 0 Å². The Balaban J connectivity index is 2.84. The highest BCUT2D eigenvalue weighted by Crippen LogP contribution is 2.10. The van der Waals surface area contributed by atoms with Crippen LogP contribution in [0.5, 0.6) is 0 Å². The average Bonchev–Trinajstić information content (AvgIpc) is 1.88. The molecule has 0 saturated carbocycles. The zero-order valence-corrected chi connectivity index (χ0v) is 6.78. The smallest absolute Gasteiger partial charge is 0.0843 e. The van der Waals surface area contributed by atoms with Crippen molar-refractivity contribution in [1.29, 1.82) is 0 Å². The van der Waals surface area contributed by atoms with Crippen LogP contribution < -0.4 is 0 Å². The molecule has 0 heterocycles. The first-order valence-corrected chi connectivity index (χ1v) is 4.11. The summed E-state index contributed by atoms with van der Waals surface area (Å²) in [5, 5.41) is 0.687. The molecule has 0 aliphatic heterocycles. The fourth-order valence-corrected chi connectivity index (χ4v) is 1.22. The lowest BCUT2D eigenvalue weighted by atomic mass is 10.2. The van der Waals surface area contributed by atoms with E-state index in [9.17, 15) is 4.21 Å². The quantitative estimate of drug-likeness (QED) is 0.628. The molecule has 0 atom stereocenters. The molecular formula is C7H6ClOS+. The molecule has 0 N–H and O–H groups in total. The summed E-state index contributed by atoms with van der Waals surface area (Å²) in [7, 11) is 0. The summed E-state index contributed by atoms with van der Waals surface area (Å²) in [5.41, 5.74) is 0.979. The molecule has 52 valence electrons. The zero-order valence-electron chi connectivity index (χ0n) is 5.21. The van der Waals surface area contributed by atoms with Crippen LogP contribution in [0.1, 0.15) is 5.56 Å². The van der Waals surface area contributed by atoms with Gasteiger partial charge in [0.25, 0.3) is 5.75 Å². The van der Waals surface area contributed by atoms with Crippen LogP contribution in [-0.4, -0.2) is 0 Å². The Morgan fingerprint density at radius 2 is 2.30 bits per heavy atom. The molecule has 3 heteroatoms. The third kappa shape index (κ3) is 2.05. The Bertz CT molecular complexity index is 237. The van der Waals surface area contributed by atoms with E-state index in [0.29, 0.717) is 22.4 Å². The third-order valence-electron chi connectivity index (χ3n) is 1.11. The van der Waals surface area contributed by atoms with Crippen LogP contribution in [0.2, 0.25) is 5.02 Å². The summed E-state index contributed by atoms with van der Waals surface area (Å²) in [5.74, 6) is 0.487. The molecule has 1 aromatic rings. The minimum absolute atomic E-state index is 0.487. The van der Waals surface area contributed by atoms with Gasteiger partial charge in [-0.05, 0) is 12.1 Å². The molecule has 1 aromatic carbocycles. The Kier molecular flexibility index (Phi) is 2.78. The van der Waals surface area contributed by atoms with Crippen molar-refractivity contribution < 1.29 is 4.21 Å². The molecule has 0 aliphatic rings. The van der Waals surface area contributed by atoms with Crippen molar-refractivity contribution in [3.05, 3.63) is 34.9 Å². The van der Waals surface area contributed by atoms with Gasteiger partial charge in [-0.1, -0.05) is 23.7 Å². The second-order valence-electron chi connectivity index (χ2n) is 1.89. The van der Waals surface area contributed by atoms with Gasteiger partial charge in [0.15, 0.2) is 0 Å². The van der Waals surface area contributed by atoms with Crippen LogP contribution in [0, 0.1) is 0 Å². The van der Waals surface area contributed by atoms with Crippen molar-refractivity contribution in [3.63, 3.8) is 0 Å². The fraction of sp³-hybridized carbons (Fsp3) is 0.143. The first kappa shape index (κ1) is 7.63. The summed E-state index contributed by atoms with van der Waals surface area (Å²) < 4.78 is 10.1. The van der Waals surface area contributed by atoms with Gasteiger partial charge >= 0.3 is 11.7 Å². The van der Waals surface area contributed by atoms with Crippen LogP contribution in [-0.2, 0) is 21.6 Å². The Labute approximate surface area is 68.5 Å². The van der Waals surface area contributed by atoms with E-state index < -0.39 is 0 Å². The van der Waals surface area contributed by atoms with E-state index in [0.717, 1.165) is 5.56 Å². The molecule has 0 radical (unpaired) electrons. The lowest BCUT2D eigenvalue weighted by molar-refractivity contribution is 0.604. The minimum atomic E-state index is 0.487. The second-order valence-corrected chi connectivity index (χ2v) is 2.85. The van der Waals surface area contributed by atoms with Gasteiger partial charge in [-0.25, -0.2) is 0 Å². The summed E-state index contributed by atoms with van der Waals surface area (Å²) >= 11 is 6.22.